The van der Waals surface area contributed by atoms with Crippen molar-refractivity contribution in [3.63, 3.8) is 0 Å². The van der Waals surface area contributed by atoms with Gasteiger partial charge in [-0.25, -0.2) is 4.79 Å². The fourth-order valence-electron chi connectivity index (χ4n) is 3.17. The van der Waals surface area contributed by atoms with Crippen LogP contribution in [0.3, 0.4) is 0 Å². The number of carbonyl (C=O) groups is 3. The van der Waals surface area contributed by atoms with E-state index in [-0.39, 0.29) is 22.7 Å². The van der Waals surface area contributed by atoms with E-state index in [2.05, 4.69) is 5.32 Å². The van der Waals surface area contributed by atoms with Crippen molar-refractivity contribution in [2.75, 3.05) is 5.32 Å². The number of hydrogen-bond acceptors (Lipinski definition) is 4. The Bertz CT molecular complexity index is 1080. The number of ketones is 2. The number of anilines is 2. The first kappa shape index (κ1) is 15.8. The normalized spacial score (nSPS) is 12.3. The van der Waals surface area contributed by atoms with E-state index in [0.717, 1.165) is 0 Å². The Kier molecular flexibility index (Phi) is 3.62. The van der Waals surface area contributed by atoms with Crippen LogP contribution < -0.4 is 5.32 Å². The smallest absolute Gasteiger partial charge is 0.337 e. The fourth-order valence-corrected chi connectivity index (χ4v) is 3.17. The lowest BCUT2D eigenvalue weighted by Crippen LogP contribution is -2.22. The van der Waals surface area contributed by atoms with Gasteiger partial charge in [0.25, 0.3) is 0 Å². The molecule has 5 nitrogen and oxygen atoms in total. The largest absolute Gasteiger partial charge is 0.478 e. The predicted molar refractivity (Wildman–Crippen MR) is 96.4 cm³/mol. The lowest BCUT2D eigenvalue weighted by atomic mass is 9.83. The number of nitrogens with one attached hydrogen (secondary N) is 1. The minimum Gasteiger partial charge on any atom is -0.478 e. The number of carboxylic acid groups (broad SMARTS) is 1. The number of benzene rings is 3. The van der Waals surface area contributed by atoms with E-state index in [4.69, 9.17) is 0 Å². The van der Waals surface area contributed by atoms with Gasteiger partial charge in [-0.15, -0.1) is 0 Å². The van der Waals surface area contributed by atoms with Gasteiger partial charge in [-0.05, 0) is 18.2 Å². The topological polar surface area (TPSA) is 83.5 Å². The Labute approximate surface area is 148 Å². The molecule has 1 aliphatic carbocycles. The Morgan fingerprint density at radius 3 is 2.00 bits per heavy atom. The van der Waals surface area contributed by atoms with E-state index < -0.39 is 5.97 Å². The van der Waals surface area contributed by atoms with Gasteiger partial charge < -0.3 is 10.4 Å². The van der Waals surface area contributed by atoms with Crippen LogP contribution in [0.4, 0.5) is 11.4 Å². The van der Waals surface area contributed by atoms with Crippen LogP contribution in [0.2, 0.25) is 0 Å². The van der Waals surface area contributed by atoms with Crippen molar-refractivity contribution in [3.05, 3.63) is 94.5 Å². The van der Waals surface area contributed by atoms with Gasteiger partial charge in [0.05, 0.1) is 22.5 Å². The summed E-state index contributed by atoms with van der Waals surface area (Å²) in [5.74, 6) is -1.55. The maximum Gasteiger partial charge on any atom is 0.337 e. The molecule has 0 saturated carbocycles. The second kappa shape index (κ2) is 5.97. The lowest BCUT2D eigenvalue weighted by Gasteiger charge is -2.21. The third-order valence-corrected chi connectivity index (χ3v) is 4.38. The summed E-state index contributed by atoms with van der Waals surface area (Å²) in [5, 5.41) is 12.4. The van der Waals surface area contributed by atoms with Crippen LogP contribution in [0.5, 0.6) is 0 Å². The lowest BCUT2D eigenvalue weighted by molar-refractivity contribution is 0.0697. The number of hydrogen-bond donors (Lipinski definition) is 2. The fraction of sp³-hybridized carbons (Fsp3) is 0. The van der Waals surface area contributed by atoms with E-state index >= 15 is 0 Å². The first-order chi connectivity index (χ1) is 12.6. The molecular formula is C21H13NO4. The van der Waals surface area contributed by atoms with Gasteiger partial charge in [0.2, 0.25) is 0 Å². The predicted octanol–water partition coefficient (Wildman–Crippen LogP) is 3.90. The van der Waals surface area contributed by atoms with Crippen LogP contribution in [0, 0.1) is 0 Å². The molecule has 0 unspecified atom stereocenters. The number of fused-ring (bicyclic) bond motifs is 2. The highest BCUT2D eigenvalue weighted by atomic mass is 16.4. The molecule has 0 atom stereocenters. The molecule has 26 heavy (non-hydrogen) atoms. The first-order valence-corrected chi connectivity index (χ1v) is 7.98. The highest BCUT2D eigenvalue weighted by Gasteiger charge is 2.31. The molecule has 0 aliphatic heterocycles. The molecule has 126 valence electrons. The summed E-state index contributed by atoms with van der Waals surface area (Å²) in [4.78, 5) is 37.2. The molecule has 4 rings (SSSR count). The van der Waals surface area contributed by atoms with Gasteiger partial charge in [-0.3, -0.25) is 9.59 Å². The van der Waals surface area contributed by atoms with Crippen LogP contribution in [-0.2, 0) is 0 Å². The standard InChI is InChI=1S/C21H13NO4/c23-19-12-6-1-2-7-13(12)20(24)18-15(19)9-5-11-17(18)22-16-10-4-3-8-14(16)21(25)26/h1-11,22H,(H,25,26). The summed E-state index contributed by atoms with van der Waals surface area (Å²) >= 11 is 0. The summed E-state index contributed by atoms with van der Waals surface area (Å²) < 4.78 is 0. The summed E-state index contributed by atoms with van der Waals surface area (Å²) in [6, 6.07) is 18.1. The molecule has 0 aromatic heterocycles. The minimum absolute atomic E-state index is 0.0834. The van der Waals surface area contributed by atoms with Crippen molar-refractivity contribution in [1.29, 1.82) is 0 Å². The Hall–Kier alpha value is -3.73. The molecule has 0 heterocycles. The maximum absolute atomic E-state index is 13.0. The van der Waals surface area contributed by atoms with Crippen molar-refractivity contribution >= 4 is 28.9 Å². The third kappa shape index (κ3) is 2.38. The zero-order valence-corrected chi connectivity index (χ0v) is 13.5. The van der Waals surface area contributed by atoms with Crippen LogP contribution >= 0.6 is 0 Å². The van der Waals surface area contributed by atoms with Crippen molar-refractivity contribution in [2.45, 2.75) is 0 Å². The van der Waals surface area contributed by atoms with Crippen molar-refractivity contribution in [2.24, 2.45) is 0 Å². The minimum atomic E-state index is -1.08. The maximum atomic E-state index is 13.0. The highest BCUT2D eigenvalue weighted by Crippen LogP contribution is 2.33. The van der Waals surface area contributed by atoms with Crippen LogP contribution in [0.15, 0.2) is 66.7 Å². The molecular weight excluding hydrogens is 330 g/mol. The molecule has 0 radical (unpaired) electrons. The van der Waals surface area contributed by atoms with E-state index in [1.165, 1.54) is 6.07 Å². The van der Waals surface area contributed by atoms with Gasteiger partial charge >= 0.3 is 5.97 Å². The van der Waals surface area contributed by atoms with Crippen molar-refractivity contribution in [3.8, 4) is 0 Å². The molecule has 3 aromatic carbocycles. The number of para-hydroxylation sites is 1. The quantitative estimate of drug-likeness (QED) is 0.589. The number of aromatic carboxylic acids is 1. The SMILES string of the molecule is O=C(O)c1ccccc1Nc1cccc2c1C(=O)c1ccccc1C2=O. The zero-order valence-electron chi connectivity index (χ0n) is 13.5. The van der Waals surface area contributed by atoms with Crippen molar-refractivity contribution in [1.82, 2.24) is 0 Å². The summed E-state index contributed by atoms with van der Waals surface area (Å²) in [6.07, 6.45) is 0. The van der Waals surface area contributed by atoms with E-state index in [0.29, 0.717) is 28.1 Å². The molecule has 2 N–H and O–H groups in total. The average molecular weight is 343 g/mol. The van der Waals surface area contributed by atoms with E-state index in [1.54, 1.807) is 60.7 Å². The Morgan fingerprint density at radius 2 is 1.27 bits per heavy atom. The molecule has 0 fully saturated rings. The first-order valence-electron chi connectivity index (χ1n) is 7.98. The number of rotatable bonds is 3. The van der Waals surface area contributed by atoms with Gasteiger partial charge in [0.1, 0.15) is 0 Å². The van der Waals surface area contributed by atoms with Crippen molar-refractivity contribution < 1.29 is 19.5 Å². The average Bonchev–Trinajstić information content (AvgIpc) is 2.66. The highest BCUT2D eigenvalue weighted by molar-refractivity contribution is 6.30. The summed E-state index contributed by atoms with van der Waals surface area (Å²) in [7, 11) is 0. The van der Waals surface area contributed by atoms with Gasteiger partial charge in [-0.1, -0.05) is 48.5 Å². The molecule has 5 heteroatoms. The van der Waals surface area contributed by atoms with E-state index in [9.17, 15) is 19.5 Å². The Balaban J connectivity index is 1.86. The molecule has 1 aliphatic rings. The zero-order chi connectivity index (χ0) is 18.3. The molecule has 0 spiro atoms. The van der Waals surface area contributed by atoms with Crippen LogP contribution in [0.25, 0.3) is 0 Å². The number of carboxylic acids is 1. The third-order valence-electron chi connectivity index (χ3n) is 4.38. The molecule has 0 amide bonds. The van der Waals surface area contributed by atoms with Gasteiger partial charge in [-0.2, -0.15) is 0 Å². The van der Waals surface area contributed by atoms with Crippen LogP contribution in [0.1, 0.15) is 42.2 Å². The van der Waals surface area contributed by atoms with Gasteiger partial charge in [0, 0.05) is 16.7 Å². The second-order valence-corrected chi connectivity index (χ2v) is 5.91. The monoisotopic (exact) mass is 343 g/mol. The number of carbonyl (C=O) groups excluding carboxylic acids is 2. The molecule has 3 aromatic rings. The van der Waals surface area contributed by atoms with Crippen LogP contribution in [-0.4, -0.2) is 22.6 Å². The van der Waals surface area contributed by atoms with Gasteiger partial charge in [0.15, 0.2) is 11.6 Å². The summed E-state index contributed by atoms with van der Waals surface area (Å²) in [5.41, 5.74) is 2.15. The van der Waals surface area contributed by atoms with E-state index in [1.807, 2.05) is 0 Å². The Morgan fingerprint density at radius 1 is 0.692 bits per heavy atom. The second-order valence-electron chi connectivity index (χ2n) is 5.91. The molecule has 0 saturated heterocycles. The molecule has 0 bridgehead atoms. The summed E-state index contributed by atoms with van der Waals surface area (Å²) in [6.45, 7) is 0.